The van der Waals surface area contributed by atoms with E-state index in [1.807, 2.05) is 20.0 Å². The number of primary amides is 1. The zero-order valence-corrected chi connectivity index (χ0v) is 32.8. The summed E-state index contributed by atoms with van der Waals surface area (Å²) >= 11 is 0. The van der Waals surface area contributed by atoms with E-state index >= 15 is 4.79 Å². The maximum absolute atomic E-state index is 15.0. The lowest BCUT2D eigenvalue weighted by molar-refractivity contribution is -0.251. The number of aliphatic carboxylic acids is 1. The van der Waals surface area contributed by atoms with Crippen LogP contribution in [-0.2, 0) is 19.1 Å². The SMILES string of the molecule is CN[C@@](C)(CO[C@H]1[C@H](n2ncnc2C(N)=O)CC23COC[C@@]1(C)[C@@H]2CC[C@H]1C3=CC(=O)[C@@]2(C)[C@H](C(=O)O)[C@@](C)([C@H](C)C(C)C)CC[C@]12C)C(C)C. The Labute approximate surface area is 304 Å². The van der Waals surface area contributed by atoms with Gasteiger partial charge in [-0.2, -0.15) is 5.10 Å². The van der Waals surface area contributed by atoms with Gasteiger partial charge in [0.1, 0.15) is 6.33 Å². The molecular weight excluding hydrogens is 646 g/mol. The largest absolute Gasteiger partial charge is 0.481 e. The molecule has 3 saturated carbocycles. The molecule has 1 amide bonds. The first kappa shape index (κ1) is 38.1. The fourth-order valence-corrected chi connectivity index (χ4v) is 12.4. The average Bonchev–Trinajstić information content (AvgIpc) is 3.55. The zero-order chi connectivity index (χ0) is 37.7. The Balaban J connectivity index is 1.50. The number of likely N-dealkylation sites (N-methyl/N-ethyl adjacent to an activating group) is 1. The highest BCUT2D eigenvalue weighted by molar-refractivity contribution is 6.00. The van der Waals surface area contributed by atoms with E-state index in [4.69, 9.17) is 15.2 Å². The minimum atomic E-state index is -1.08. The molecule has 6 rings (SSSR count). The maximum atomic E-state index is 15.0. The van der Waals surface area contributed by atoms with E-state index < -0.39 is 50.9 Å². The van der Waals surface area contributed by atoms with Gasteiger partial charge in [-0.1, -0.05) is 67.9 Å². The fourth-order valence-electron chi connectivity index (χ4n) is 12.4. The van der Waals surface area contributed by atoms with Gasteiger partial charge in [0.05, 0.1) is 37.9 Å². The summed E-state index contributed by atoms with van der Waals surface area (Å²) in [7, 11) is 1.95. The Kier molecular flexibility index (Phi) is 9.32. The number of allylic oxidation sites excluding steroid dienone is 1. The van der Waals surface area contributed by atoms with Crippen molar-refractivity contribution in [3.8, 4) is 0 Å². The van der Waals surface area contributed by atoms with Crippen LogP contribution in [0.15, 0.2) is 18.0 Å². The molecule has 4 N–H and O–H groups in total. The molecule has 4 fully saturated rings. The van der Waals surface area contributed by atoms with Gasteiger partial charge in [0, 0.05) is 21.8 Å². The second-order valence-corrected chi connectivity index (χ2v) is 18.9. The molecule has 0 radical (unpaired) electrons. The van der Waals surface area contributed by atoms with Crippen LogP contribution in [0.2, 0.25) is 0 Å². The number of amides is 1. The van der Waals surface area contributed by atoms with Crippen LogP contribution in [0.5, 0.6) is 0 Å². The van der Waals surface area contributed by atoms with Gasteiger partial charge in [0.2, 0.25) is 5.82 Å². The highest BCUT2D eigenvalue weighted by atomic mass is 16.5. The molecular formula is C40H63N5O6. The molecule has 2 heterocycles. The summed E-state index contributed by atoms with van der Waals surface area (Å²) in [6, 6.07) is -0.405. The number of carbonyl (C=O) groups is 3. The monoisotopic (exact) mass is 709 g/mol. The molecule has 284 valence electrons. The number of hydrogen-bond acceptors (Lipinski definition) is 8. The quantitative estimate of drug-likeness (QED) is 0.277. The van der Waals surface area contributed by atoms with Crippen LogP contribution in [0, 0.1) is 62.6 Å². The van der Waals surface area contributed by atoms with E-state index in [0.29, 0.717) is 26.2 Å². The van der Waals surface area contributed by atoms with Crippen LogP contribution in [0.4, 0.5) is 0 Å². The summed E-state index contributed by atoms with van der Waals surface area (Å²) in [5, 5.41) is 19.1. The van der Waals surface area contributed by atoms with E-state index in [1.54, 1.807) is 4.68 Å². The number of ketones is 1. The van der Waals surface area contributed by atoms with Gasteiger partial charge >= 0.3 is 5.97 Å². The Bertz CT molecular complexity index is 1610. The van der Waals surface area contributed by atoms with Crippen molar-refractivity contribution in [1.29, 1.82) is 0 Å². The first-order valence-corrected chi connectivity index (χ1v) is 19.3. The number of carbonyl (C=O) groups excluding carboxylic acids is 2. The molecule has 1 saturated heterocycles. The first-order chi connectivity index (χ1) is 23.7. The van der Waals surface area contributed by atoms with Crippen LogP contribution >= 0.6 is 0 Å². The number of nitrogens with one attached hydrogen (secondary N) is 1. The van der Waals surface area contributed by atoms with E-state index in [-0.39, 0.29) is 52.8 Å². The van der Waals surface area contributed by atoms with Crippen molar-refractivity contribution < 1.29 is 29.0 Å². The molecule has 51 heavy (non-hydrogen) atoms. The van der Waals surface area contributed by atoms with Crippen LogP contribution in [0.1, 0.15) is 118 Å². The number of carboxylic acids is 1. The van der Waals surface area contributed by atoms with Gasteiger partial charge in [0.25, 0.3) is 5.91 Å². The Hall–Kier alpha value is -2.63. The number of carboxylic acid groups (broad SMARTS) is 1. The van der Waals surface area contributed by atoms with E-state index in [9.17, 15) is 14.7 Å². The third-order valence-electron chi connectivity index (χ3n) is 16.5. The number of nitrogens with two attached hydrogens (primary N) is 1. The Morgan fingerprint density at radius 1 is 1.14 bits per heavy atom. The summed E-state index contributed by atoms with van der Waals surface area (Å²) in [4.78, 5) is 45.5. The molecule has 1 aliphatic heterocycles. The first-order valence-electron chi connectivity index (χ1n) is 19.3. The van der Waals surface area contributed by atoms with Crippen LogP contribution in [0.25, 0.3) is 0 Å². The van der Waals surface area contributed by atoms with Crippen molar-refractivity contribution in [2.24, 2.45) is 68.3 Å². The normalized spacial score (nSPS) is 42.3. The van der Waals surface area contributed by atoms with E-state index in [2.05, 4.69) is 77.7 Å². The van der Waals surface area contributed by atoms with Gasteiger partial charge in [-0.25, -0.2) is 9.67 Å². The highest BCUT2D eigenvalue weighted by Crippen LogP contribution is 2.74. The number of rotatable bonds is 10. The predicted molar refractivity (Wildman–Crippen MR) is 194 cm³/mol. The van der Waals surface area contributed by atoms with Crippen molar-refractivity contribution in [2.45, 2.75) is 119 Å². The highest BCUT2D eigenvalue weighted by Gasteiger charge is 2.74. The van der Waals surface area contributed by atoms with Gasteiger partial charge in [0.15, 0.2) is 5.78 Å². The topological polar surface area (TPSA) is 159 Å². The van der Waals surface area contributed by atoms with Crippen molar-refractivity contribution in [2.75, 3.05) is 26.9 Å². The average molecular weight is 710 g/mol. The molecule has 0 spiro atoms. The molecule has 0 aromatic carbocycles. The summed E-state index contributed by atoms with van der Waals surface area (Å²) in [6.45, 7) is 22.8. The van der Waals surface area contributed by atoms with E-state index in [1.165, 1.54) is 6.33 Å². The number of fused-ring (bicyclic) bond motifs is 3. The maximum Gasteiger partial charge on any atom is 0.308 e. The molecule has 1 unspecified atom stereocenters. The van der Waals surface area contributed by atoms with Gasteiger partial charge in [-0.15, -0.1) is 0 Å². The van der Waals surface area contributed by atoms with E-state index in [0.717, 1.165) is 31.3 Å². The second-order valence-electron chi connectivity index (χ2n) is 18.9. The lowest BCUT2D eigenvalue weighted by atomic mass is 9.34. The molecule has 1 aromatic heterocycles. The third kappa shape index (κ3) is 5.09. The number of ether oxygens (including phenoxy) is 2. The predicted octanol–water partition coefficient (Wildman–Crippen LogP) is 5.70. The van der Waals surface area contributed by atoms with Gasteiger partial charge in [-0.05, 0) is 92.6 Å². The molecule has 12 atom stereocenters. The lowest BCUT2D eigenvalue weighted by Crippen LogP contribution is -2.70. The fraction of sp³-hybridized carbons (Fsp3) is 0.825. The van der Waals surface area contributed by atoms with Crippen molar-refractivity contribution in [3.05, 3.63) is 23.8 Å². The molecule has 11 heteroatoms. The van der Waals surface area contributed by atoms with Crippen molar-refractivity contribution in [1.82, 2.24) is 20.1 Å². The summed E-state index contributed by atoms with van der Waals surface area (Å²) in [5.74, 6) is -1.52. The molecule has 4 aliphatic carbocycles. The van der Waals surface area contributed by atoms with Crippen molar-refractivity contribution >= 4 is 17.7 Å². The number of nitrogens with zero attached hydrogens (tertiary/aromatic N) is 3. The molecule has 11 nitrogen and oxygen atoms in total. The second kappa shape index (κ2) is 12.5. The van der Waals surface area contributed by atoms with Crippen LogP contribution in [0.3, 0.4) is 0 Å². The Morgan fingerprint density at radius 3 is 2.41 bits per heavy atom. The minimum absolute atomic E-state index is 0.00107. The third-order valence-corrected chi connectivity index (χ3v) is 16.5. The van der Waals surface area contributed by atoms with Crippen molar-refractivity contribution in [3.63, 3.8) is 0 Å². The molecule has 5 aliphatic rings. The molecule has 1 aromatic rings. The zero-order valence-electron chi connectivity index (χ0n) is 32.8. The number of aromatic nitrogens is 3. The summed E-state index contributed by atoms with van der Waals surface area (Å²) in [5.41, 5.74) is 3.44. The smallest absolute Gasteiger partial charge is 0.308 e. The lowest BCUT2D eigenvalue weighted by Gasteiger charge is -2.70. The van der Waals surface area contributed by atoms with Crippen LogP contribution < -0.4 is 11.1 Å². The number of hydrogen-bond donors (Lipinski definition) is 3. The Morgan fingerprint density at radius 2 is 1.82 bits per heavy atom. The van der Waals surface area contributed by atoms with Gasteiger partial charge in [-0.3, -0.25) is 14.4 Å². The molecule has 2 bridgehead atoms. The van der Waals surface area contributed by atoms with Gasteiger partial charge < -0.3 is 25.6 Å². The standard InChI is InChI=1S/C40H63N5O6/c1-22(2)24(5)35(6)14-15-37(8)25-12-13-28-36(7)18-50-20-40(28,26(25)16-29(46)39(37,10)30(35)34(48)49)17-27(45-33(32(41)47)43-21-44-45)31(36)51-19-38(9,42-11)23(3)4/h16,21-25,27-28,30-31,42H,12-15,17-20H2,1-11H3,(H2,41,47)(H,48,49)/t24-,25+,27-,28+,30-,31+,35-,36+,37-,38+,39+,40?/m1/s1. The summed E-state index contributed by atoms with van der Waals surface area (Å²) in [6.07, 6.45) is 6.68. The van der Waals surface area contributed by atoms with Crippen LogP contribution in [-0.4, -0.2) is 76.0 Å². The minimum Gasteiger partial charge on any atom is -0.481 e. The summed E-state index contributed by atoms with van der Waals surface area (Å²) < 4.78 is 15.4.